The number of benzene rings is 1. The van der Waals surface area contributed by atoms with Crippen LogP contribution in [-0.4, -0.2) is 26.8 Å². The minimum absolute atomic E-state index is 0.0261. The molecule has 0 bridgehead atoms. The van der Waals surface area contributed by atoms with Crippen molar-refractivity contribution >= 4 is 26.0 Å². The smallest absolute Gasteiger partial charge is 0.207 e. The summed E-state index contributed by atoms with van der Waals surface area (Å²) in [7, 11) is -0.688. The van der Waals surface area contributed by atoms with Gasteiger partial charge >= 0.3 is 0 Å². The Morgan fingerprint density at radius 3 is 2.47 bits per heavy atom. The molecule has 0 aromatic heterocycles. The quantitative estimate of drug-likeness (QED) is 0.830. The fourth-order valence-corrected chi connectivity index (χ4v) is 2.39. The van der Waals surface area contributed by atoms with Crippen LogP contribution in [-0.2, 0) is 10.0 Å². The number of nitrogens with zero attached hydrogens (tertiary/aromatic N) is 2. The van der Waals surface area contributed by atoms with Gasteiger partial charge in [0.2, 0.25) is 10.0 Å². The molecule has 0 radical (unpaired) electrons. The van der Waals surface area contributed by atoms with E-state index in [1.54, 1.807) is 6.07 Å². The first kappa shape index (κ1) is 12.2. The van der Waals surface area contributed by atoms with E-state index >= 15 is 0 Å². The lowest BCUT2D eigenvalue weighted by Crippen LogP contribution is -2.23. The van der Waals surface area contributed by atoms with Gasteiger partial charge in [0.05, 0.1) is 5.56 Å². The highest BCUT2D eigenvalue weighted by Crippen LogP contribution is 2.21. The lowest BCUT2D eigenvalue weighted by atomic mass is 10.2. The molecule has 1 aromatic rings. The van der Waals surface area contributed by atoms with E-state index < -0.39 is 10.0 Å². The van der Waals surface area contributed by atoms with Gasteiger partial charge in [-0.1, -0.05) is 15.9 Å². The van der Waals surface area contributed by atoms with E-state index in [0.29, 0.717) is 4.47 Å². The SMILES string of the molecule is CN(C)S(=O)(=O)c1ccc(Br)cc1C#N. The van der Waals surface area contributed by atoms with Crippen molar-refractivity contribution < 1.29 is 8.42 Å². The minimum atomic E-state index is -3.55. The number of nitriles is 1. The summed E-state index contributed by atoms with van der Waals surface area (Å²) in [6.07, 6.45) is 0. The van der Waals surface area contributed by atoms with Gasteiger partial charge < -0.3 is 0 Å². The zero-order chi connectivity index (χ0) is 11.6. The van der Waals surface area contributed by atoms with Crippen LogP contribution in [0.1, 0.15) is 5.56 Å². The Hall–Kier alpha value is -0.900. The molecule has 0 heterocycles. The molecule has 0 atom stereocenters. The molecule has 0 saturated heterocycles. The fraction of sp³-hybridized carbons (Fsp3) is 0.222. The predicted molar refractivity (Wildman–Crippen MR) is 59.7 cm³/mol. The van der Waals surface area contributed by atoms with E-state index in [2.05, 4.69) is 15.9 Å². The number of halogens is 1. The Bertz CT molecular complexity index is 517. The Kier molecular flexibility index (Phi) is 3.50. The van der Waals surface area contributed by atoms with Gasteiger partial charge in [0.25, 0.3) is 0 Å². The average molecular weight is 289 g/mol. The molecule has 80 valence electrons. The highest BCUT2D eigenvalue weighted by molar-refractivity contribution is 9.10. The third kappa shape index (κ3) is 2.37. The molecule has 0 fully saturated rings. The lowest BCUT2D eigenvalue weighted by molar-refractivity contribution is 0.520. The molecule has 0 aliphatic heterocycles. The summed E-state index contributed by atoms with van der Waals surface area (Å²) in [5, 5.41) is 8.83. The second-order valence-corrected chi connectivity index (χ2v) is 6.08. The van der Waals surface area contributed by atoms with Crippen molar-refractivity contribution in [3.05, 3.63) is 28.2 Å². The number of hydrogen-bond acceptors (Lipinski definition) is 3. The van der Waals surface area contributed by atoms with E-state index in [4.69, 9.17) is 5.26 Å². The molecule has 0 aliphatic carbocycles. The fourth-order valence-electron chi connectivity index (χ4n) is 1.01. The van der Waals surface area contributed by atoms with Gasteiger partial charge in [0, 0.05) is 18.6 Å². The highest BCUT2D eigenvalue weighted by atomic mass is 79.9. The van der Waals surface area contributed by atoms with Crippen LogP contribution < -0.4 is 0 Å². The van der Waals surface area contributed by atoms with Crippen molar-refractivity contribution in [2.45, 2.75) is 4.90 Å². The molecule has 6 heteroatoms. The Morgan fingerprint density at radius 1 is 1.40 bits per heavy atom. The topological polar surface area (TPSA) is 61.2 Å². The maximum absolute atomic E-state index is 11.8. The minimum Gasteiger partial charge on any atom is -0.207 e. The molecule has 0 spiro atoms. The van der Waals surface area contributed by atoms with Gasteiger partial charge in [-0.2, -0.15) is 5.26 Å². The summed E-state index contributed by atoms with van der Waals surface area (Å²) in [5.74, 6) is 0. The van der Waals surface area contributed by atoms with Gasteiger partial charge in [-0.25, -0.2) is 12.7 Å². The summed E-state index contributed by atoms with van der Waals surface area (Å²) in [5.41, 5.74) is 0.137. The van der Waals surface area contributed by atoms with Crippen LogP contribution in [0.3, 0.4) is 0 Å². The van der Waals surface area contributed by atoms with Crippen LogP contribution in [0.5, 0.6) is 0 Å². The largest absolute Gasteiger partial charge is 0.243 e. The molecule has 0 saturated carbocycles. The highest BCUT2D eigenvalue weighted by Gasteiger charge is 2.21. The van der Waals surface area contributed by atoms with Gasteiger partial charge in [0.15, 0.2) is 0 Å². The molecule has 4 nitrogen and oxygen atoms in total. The normalized spacial score (nSPS) is 11.4. The van der Waals surface area contributed by atoms with E-state index in [0.717, 1.165) is 4.31 Å². The summed E-state index contributed by atoms with van der Waals surface area (Å²) < 4.78 is 25.3. The number of rotatable bonds is 2. The summed E-state index contributed by atoms with van der Waals surface area (Å²) in [6, 6.07) is 6.35. The lowest BCUT2D eigenvalue weighted by Gasteiger charge is -2.12. The summed E-state index contributed by atoms with van der Waals surface area (Å²) in [4.78, 5) is 0.0261. The van der Waals surface area contributed by atoms with Crippen molar-refractivity contribution in [1.29, 1.82) is 5.26 Å². The van der Waals surface area contributed by atoms with E-state index in [-0.39, 0.29) is 10.5 Å². The predicted octanol–water partition coefficient (Wildman–Crippen LogP) is 1.57. The third-order valence-electron chi connectivity index (χ3n) is 1.82. The molecule has 0 N–H and O–H groups in total. The number of sulfonamides is 1. The van der Waals surface area contributed by atoms with Gasteiger partial charge in [-0.15, -0.1) is 0 Å². The third-order valence-corrected chi connectivity index (χ3v) is 4.19. The second-order valence-electron chi connectivity index (χ2n) is 3.04. The van der Waals surface area contributed by atoms with E-state index in [1.807, 2.05) is 6.07 Å². The standard InChI is InChI=1S/C9H9BrN2O2S/c1-12(2)15(13,14)9-4-3-8(10)5-7(9)6-11/h3-5H,1-2H3. The molecule has 0 amide bonds. The van der Waals surface area contributed by atoms with E-state index in [9.17, 15) is 8.42 Å². The Balaban J connectivity index is 3.47. The van der Waals surface area contributed by atoms with Crippen molar-refractivity contribution in [2.75, 3.05) is 14.1 Å². The zero-order valence-electron chi connectivity index (χ0n) is 8.23. The van der Waals surface area contributed by atoms with Crippen molar-refractivity contribution in [1.82, 2.24) is 4.31 Å². The maximum Gasteiger partial charge on any atom is 0.243 e. The monoisotopic (exact) mass is 288 g/mol. The first-order valence-corrected chi connectivity index (χ1v) is 6.25. The summed E-state index contributed by atoms with van der Waals surface area (Å²) in [6.45, 7) is 0. The van der Waals surface area contributed by atoms with E-state index in [1.165, 1.54) is 26.2 Å². The van der Waals surface area contributed by atoms with Crippen LogP contribution in [0.15, 0.2) is 27.6 Å². The second kappa shape index (κ2) is 4.31. The van der Waals surface area contributed by atoms with Crippen LogP contribution in [0, 0.1) is 11.3 Å². The molecule has 1 aromatic carbocycles. The average Bonchev–Trinajstić information content (AvgIpc) is 2.16. The van der Waals surface area contributed by atoms with Crippen LogP contribution >= 0.6 is 15.9 Å². The molecule has 0 aliphatic rings. The summed E-state index contributed by atoms with van der Waals surface area (Å²) >= 11 is 3.18. The van der Waals surface area contributed by atoms with Gasteiger partial charge in [-0.05, 0) is 18.2 Å². The molecular weight excluding hydrogens is 280 g/mol. The molecule has 0 unspecified atom stereocenters. The first-order valence-electron chi connectivity index (χ1n) is 4.02. The van der Waals surface area contributed by atoms with Crippen molar-refractivity contribution in [3.8, 4) is 6.07 Å². The number of hydrogen-bond donors (Lipinski definition) is 0. The van der Waals surface area contributed by atoms with Crippen molar-refractivity contribution in [3.63, 3.8) is 0 Å². The van der Waals surface area contributed by atoms with Gasteiger partial charge in [-0.3, -0.25) is 0 Å². The molecular formula is C9H9BrN2O2S. The molecule has 1 rings (SSSR count). The Morgan fingerprint density at radius 2 is 2.00 bits per heavy atom. The van der Waals surface area contributed by atoms with Crippen LogP contribution in [0.2, 0.25) is 0 Å². The van der Waals surface area contributed by atoms with Gasteiger partial charge in [0.1, 0.15) is 11.0 Å². The zero-order valence-corrected chi connectivity index (χ0v) is 10.6. The molecule has 15 heavy (non-hydrogen) atoms. The maximum atomic E-state index is 11.8. The Labute approximate surface area is 97.3 Å². The van der Waals surface area contributed by atoms with Crippen molar-refractivity contribution in [2.24, 2.45) is 0 Å². The van der Waals surface area contributed by atoms with Crippen LogP contribution in [0.4, 0.5) is 0 Å². The first-order chi connectivity index (χ1) is 6.89. The van der Waals surface area contributed by atoms with Crippen LogP contribution in [0.25, 0.3) is 0 Å².